The van der Waals surface area contributed by atoms with Gasteiger partial charge in [-0.2, -0.15) is 0 Å². The number of hydrogen-bond donors (Lipinski definition) is 1. The van der Waals surface area contributed by atoms with Gasteiger partial charge in [-0.05, 0) is 25.0 Å². The van der Waals surface area contributed by atoms with Gasteiger partial charge < -0.3 is 5.32 Å². The topological polar surface area (TPSA) is 12.0 Å². The van der Waals surface area contributed by atoms with E-state index in [-0.39, 0.29) is 11.7 Å². The summed E-state index contributed by atoms with van der Waals surface area (Å²) in [5, 5.41) is 2.88. The zero-order chi connectivity index (χ0) is 11.4. The van der Waals surface area contributed by atoms with E-state index in [0.717, 1.165) is 6.42 Å². The SMILES string of the molecule is CCC(C)C(C)Nc1c(F)cccc1F. The minimum Gasteiger partial charge on any atom is -0.378 e. The Kier molecular flexibility index (Phi) is 4.06. The average Bonchev–Trinajstić information content (AvgIpc) is 2.22. The molecule has 0 saturated carbocycles. The first-order valence-electron chi connectivity index (χ1n) is 5.26. The maximum absolute atomic E-state index is 13.3. The van der Waals surface area contributed by atoms with E-state index in [1.165, 1.54) is 18.2 Å². The Hall–Kier alpha value is -1.12. The fourth-order valence-electron chi connectivity index (χ4n) is 1.36. The fraction of sp³-hybridized carbons (Fsp3) is 0.500. The molecule has 2 atom stereocenters. The van der Waals surface area contributed by atoms with Crippen molar-refractivity contribution in [2.45, 2.75) is 33.2 Å². The Morgan fingerprint density at radius 3 is 2.20 bits per heavy atom. The maximum Gasteiger partial charge on any atom is 0.149 e. The Balaban J connectivity index is 2.80. The van der Waals surface area contributed by atoms with E-state index in [1.54, 1.807) is 0 Å². The predicted molar refractivity (Wildman–Crippen MR) is 58.9 cm³/mol. The van der Waals surface area contributed by atoms with E-state index in [4.69, 9.17) is 0 Å². The van der Waals surface area contributed by atoms with Crippen molar-refractivity contribution in [2.75, 3.05) is 5.32 Å². The monoisotopic (exact) mass is 213 g/mol. The standard InChI is InChI=1S/C12H17F2N/c1-4-8(2)9(3)15-12-10(13)6-5-7-11(12)14/h5-9,15H,4H2,1-3H3. The average molecular weight is 213 g/mol. The van der Waals surface area contributed by atoms with E-state index in [1.807, 2.05) is 6.92 Å². The molecule has 0 radical (unpaired) electrons. The molecule has 0 aliphatic carbocycles. The molecule has 3 heteroatoms. The van der Waals surface area contributed by atoms with Gasteiger partial charge in [0, 0.05) is 6.04 Å². The van der Waals surface area contributed by atoms with Crippen LogP contribution in [0.5, 0.6) is 0 Å². The quantitative estimate of drug-likeness (QED) is 0.801. The number of rotatable bonds is 4. The smallest absolute Gasteiger partial charge is 0.149 e. The molecule has 84 valence electrons. The number of anilines is 1. The van der Waals surface area contributed by atoms with Crippen LogP contribution in [0.2, 0.25) is 0 Å². The van der Waals surface area contributed by atoms with E-state index < -0.39 is 11.6 Å². The van der Waals surface area contributed by atoms with Crippen LogP contribution in [0.4, 0.5) is 14.5 Å². The Bertz CT molecular complexity index is 305. The van der Waals surface area contributed by atoms with Crippen LogP contribution in [-0.4, -0.2) is 6.04 Å². The fourth-order valence-corrected chi connectivity index (χ4v) is 1.36. The lowest BCUT2D eigenvalue weighted by molar-refractivity contribution is 0.487. The lowest BCUT2D eigenvalue weighted by atomic mass is 10.0. The van der Waals surface area contributed by atoms with Crippen molar-refractivity contribution < 1.29 is 8.78 Å². The van der Waals surface area contributed by atoms with Crippen LogP contribution in [0.25, 0.3) is 0 Å². The molecule has 1 aromatic carbocycles. The largest absolute Gasteiger partial charge is 0.378 e. The summed E-state index contributed by atoms with van der Waals surface area (Å²) in [6.45, 7) is 6.04. The first kappa shape index (κ1) is 12.0. The number of para-hydroxylation sites is 1. The summed E-state index contributed by atoms with van der Waals surface area (Å²) >= 11 is 0. The van der Waals surface area contributed by atoms with E-state index >= 15 is 0 Å². The minimum absolute atomic E-state index is 0.0229. The van der Waals surface area contributed by atoms with Crippen molar-refractivity contribution >= 4 is 5.69 Å². The van der Waals surface area contributed by atoms with Crippen LogP contribution in [-0.2, 0) is 0 Å². The van der Waals surface area contributed by atoms with E-state index in [2.05, 4.69) is 19.2 Å². The molecule has 0 fully saturated rings. The highest BCUT2D eigenvalue weighted by Crippen LogP contribution is 2.21. The van der Waals surface area contributed by atoms with Gasteiger partial charge in [0.1, 0.15) is 17.3 Å². The molecule has 2 unspecified atom stereocenters. The minimum atomic E-state index is -0.537. The first-order chi connectivity index (χ1) is 7.06. The van der Waals surface area contributed by atoms with Gasteiger partial charge in [-0.3, -0.25) is 0 Å². The summed E-state index contributed by atoms with van der Waals surface area (Å²) < 4.78 is 26.6. The highest BCUT2D eigenvalue weighted by atomic mass is 19.1. The van der Waals surface area contributed by atoms with Crippen molar-refractivity contribution in [2.24, 2.45) is 5.92 Å². The highest BCUT2D eigenvalue weighted by Gasteiger charge is 2.14. The molecule has 0 spiro atoms. The number of benzene rings is 1. The summed E-state index contributed by atoms with van der Waals surface area (Å²) in [5.41, 5.74) is -0.0229. The molecule has 1 aromatic rings. The van der Waals surface area contributed by atoms with Gasteiger partial charge in [0.15, 0.2) is 0 Å². The summed E-state index contributed by atoms with van der Waals surface area (Å²) in [4.78, 5) is 0. The highest BCUT2D eigenvalue weighted by molar-refractivity contribution is 5.46. The van der Waals surface area contributed by atoms with Gasteiger partial charge in [-0.15, -0.1) is 0 Å². The number of halogens is 2. The molecule has 0 aliphatic rings. The molecule has 15 heavy (non-hydrogen) atoms. The molecule has 1 nitrogen and oxygen atoms in total. The summed E-state index contributed by atoms with van der Waals surface area (Å²) in [6.07, 6.45) is 0.976. The van der Waals surface area contributed by atoms with Crippen LogP contribution in [0.3, 0.4) is 0 Å². The van der Waals surface area contributed by atoms with Crippen molar-refractivity contribution in [3.63, 3.8) is 0 Å². The normalized spacial score (nSPS) is 14.7. The van der Waals surface area contributed by atoms with Crippen LogP contribution in [0, 0.1) is 17.6 Å². The predicted octanol–water partition coefficient (Wildman–Crippen LogP) is 3.81. The zero-order valence-electron chi connectivity index (χ0n) is 9.35. The number of hydrogen-bond acceptors (Lipinski definition) is 1. The van der Waals surface area contributed by atoms with Crippen LogP contribution >= 0.6 is 0 Å². The lowest BCUT2D eigenvalue weighted by Gasteiger charge is -2.21. The Labute approximate surface area is 89.5 Å². The summed E-state index contributed by atoms with van der Waals surface area (Å²) in [5.74, 6) is -0.695. The first-order valence-corrected chi connectivity index (χ1v) is 5.26. The molecule has 1 rings (SSSR count). The van der Waals surface area contributed by atoms with Gasteiger partial charge in [0.05, 0.1) is 0 Å². The van der Waals surface area contributed by atoms with Crippen molar-refractivity contribution in [1.29, 1.82) is 0 Å². The maximum atomic E-state index is 13.3. The van der Waals surface area contributed by atoms with Gasteiger partial charge >= 0.3 is 0 Å². The summed E-state index contributed by atoms with van der Waals surface area (Å²) in [7, 11) is 0. The number of nitrogens with one attached hydrogen (secondary N) is 1. The third kappa shape index (κ3) is 2.91. The van der Waals surface area contributed by atoms with Crippen molar-refractivity contribution in [1.82, 2.24) is 0 Å². The second-order valence-electron chi connectivity index (χ2n) is 3.92. The van der Waals surface area contributed by atoms with Gasteiger partial charge in [0.2, 0.25) is 0 Å². The van der Waals surface area contributed by atoms with E-state index in [9.17, 15) is 8.78 Å². The molecular weight excluding hydrogens is 196 g/mol. The molecule has 0 amide bonds. The molecule has 0 aliphatic heterocycles. The van der Waals surface area contributed by atoms with Crippen LogP contribution < -0.4 is 5.32 Å². The molecular formula is C12H17F2N. The van der Waals surface area contributed by atoms with Crippen molar-refractivity contribution in [3.05, 3.63) is 29.8 Å². The molecule has 0 aromatic heterocycles. The molecule has 0 saturated heterocycles. The Morgan fingerprint density at radius 2 is 1.73 bits per heavy atom. The van der Waals surface area contributed by atoms with E-state index in [0.29, 0.717) is 5.92 Å². The second-order valence-corrected chi connectivity index (χ2v) is 3.92. The van der Waals surface area contributed by atoms with Crippen molar-refractivity contribution in [3.8, 4) is 0 Å². The van der Waals surface area contributed by atoms with Gasteiger partial charge in [-0.25, -0.2) is 8.78 Å². The second kappa shape index (κ2) is 5.10. The van der Waals surface area contributed by atoms with Crippen LogP contribution in [0.1, 0.15) is 27.2 Å². The van der Waals surface area contributed by atoms with Gasteiger partial charge in [0.25, 0.3) is 0 Å². The third-order valence-electron chi connectivity index (χ3n) is 2.83. The third-order valence-corrected chi connectivity index (χ3v) is 2.83. The lowest BCUT2D eigenvalue weighted by Crippen LogP contribution is -2.24. The molecule has 1 N–H and O–H groups in total. The molecule has 0 heterocycles. The summed E-state index contributed by atoms with van der Waals surface area (Å²) in [6, 6.07) is 3.94. The molecule has 0 bridgehead atoms. The van der Waals surface area contributed by atoms with Gasteiger partial charge in [-0.1, -0.05) is 26.3 Å². The van der Waals surface area contributed by atoms with Crippen LogP contribution in [0.15, 0.2) is 18.2 Å². The Morgan fingerprint density at radius 1 is 1.20 bits per heavy atom. The zero-order valence-corrected chi connectivity index (χ0v) is 9.35.